The summed E-state index contributed by atoms with van der Waals surface area (Å²) in [5, 5.41) is 0. The topological polar surface area (TPSA) is 23.6 Å². The van der Waals surface area contributed by atoms with Crippen molar-refractivity contribution in [1.29, 1.82) is 0 Å². The van der Waals surface area contributed by atoms with Crippen molar-refractivity contribution in [3.63, 3.8) is 0 Å². The van der Waals surface area contributed by atoms with Crippen molar-refractivity contribution in [2.24, 2.45) is 0 Å². The molecule has 1 aliphatic heterocycles. The summed E-state index contributed by atoms with van der Waals surface area (Å²) in [6, 6.07) is 3.26. The van der Waals surface area contributed by atoms with Crippen LogP contribution in [-0.4, -0.2) is 48.9 Å². The molecule has 110 valence electrons. The zero-order chi connectivity index (χ0) is 14.5. The quantitative estimate of drug-likeness (QED) is 0.847. The van der Waals surface area contributed by atoms with E-state index in [4.69, 9.17) is 0 Å². The molecule has 3 nitrogen and oxygen atoms in total. The Morgan fingerprint density at radius 2 is 1.90 bits per heavy atom. The molecule has 1 aliphatic rings. The summed E-state index contributed by atoms with van der Waals surface area (Å²) in [6.45, 7) is 3.57. The molecule has 1 amide bonds. The minimum absolute atomic E-state index is 0.185. The lowest BCUT2D eigenvalue weighted by Crippen LogP contribution is -2.38. The fourth-order valence-electron chi connectivity index (χ4n) is 2.43. The Labute approximate surface area is 118 Å². The maximum absolute atomic E-state index is 13.1. The van der Waals surface area contributed by atoms with Crippen LogP contribution in [0.3, 0.4) is 0 Å². The number of likely N-dealkylation sites (N-methyl/N-ethyl adjacent to an activating group) is 1. The number of piperidine rings is 1. The van der Waals surface area contributed by atoms with E-state index in [-0.39, 0.29) is 11.5 Å². The predicted molar refractivity (Wildman–Crippen MR) is 73.6 cm³/mol. The monoisotopic (exact) mass is 282 g/mol. The summed E-state index contributed by atoms with van der Waals surface area (Å²) in [7, 11) is 1.69. The summed E-state index contributed by atoms with van der Waals surface area (Å²) in [5.41, 5.74) is 0.185. The summed E-state index contributed by atoms with van der Waals surface area (Å²) in [6.07, 6.45) is 3.70. The molecule has 1 heterocycles. The number of carbonyl (C=O) groups is 1. The van der Waals surface area contributed by atoms with Crippen molar-refractivity contribution in [3.05, 3.63) is 35.4 Å². The maximum atomic E-state index is 13.1. The molecule has 0 N–H and O–H groups in total. The molecular weight excluding hydrogens is 262 g/mol. The first-order chi connectivity index (χ1) is 9.58. The highest BCUT2D eigenvalue weighted by atomic mass is 19.2. The number of rotatable bonds is 4. The average Bonchev–Trinajstić information content (AvgIpc) is 2.48. The number of hydrogen-bond acceptors (Lipinski definition) is 2. The minimum atomic E-state index is -0.986. The molecular formula is C15H20F2N2O. The Kier molecular flexibility index (Phi) is 5.06. The van der Waals surface area contributed by atoms with Gasteiger partial charge >= 0.3 is 0 Å². The smallest absolute Gasteiger partial charge is 0.253 e. The van der Waals surface area contributed by atoms with E-state index in [0.717, 1.165) is 31.8 Å². The first-order valence-electron chi connectivity index (χ1n) is 7.01. The van der Waals surface area contributed by atoms with Gasteiger partial charge in [0.1, 0.15) is 0 Å². The molecule has 0 unspecified atom stereocenters. The molecule has 1 aromatic carbocycles. The number of likely N-dealkylation sites (tertiary alicyclic amines) is 1. The third-order valence-electron chi connectivity index (χ3n) is 3.71. The maximum Gasteiger partial charge on any atom is 0.253 e. The molecule has 0 radical (unpaired) electrons. The second-order valence-electron chi connectivity index (χ2n) is 5.26. The normalized spacial score (nSPS) is 16.1. The van der Waals surface area contributed by atoms with Gasteiger partial charge in [-0.15, -0.1) is 0 Å². The van der Waals surface area contributed by atoms with Gasteiger partial charge in [0.15, 0.2) is 11.6 Å². The minimum Gasteiger partial charge on any atom is -0.340 e. The molecule has 0 aliphatic carbocycles. The van der Waals surface area contributed by atoms with Crippen LogP contribution in [0.4, 0.5) is 8.78 Å². The van der Waals surface area contributed by atoms with E-state index < -0.39 is 11.6 Å². The highest BCUT2D eigenvalue weighted by Gasteiger charge is 2.16. The van der Waals surface area contributed by atoms with Crippen LogP contribution in [0, 0.1) is 11.6 Å². The summed E-state index contributed by atoms with van der Waals surface area (Å²) >= 11 is 0. The third-order valence-corrected chi connectivity index (χ3v) is 3.71. The molecule has 0 saturated carbocycles. The van der Waals surface area contributed by atoms with Crippen LogP contribution in [0.5, 0.6) is 0 Å². The highest BCUT2D eigenvalue weighted by Crippen LogP contribution is 2.11. The van der Waals surface area contributed by atoms with Crippen molar-refractivity contribution in [1.82, 2.24) is 9.80 Å². The molecule has 2 rings (SSSR count). The molecule has 0 bridgehead atoms. The molecule has 1 fully saturated rings. The second kappa shape index (κ2) is 6.79. The van der Waals surface area contributed by atoms with Crippen molar-refractivity contribution in [3.8, 4) is 0 Å². The summed E-state index contributed by atoms with van der Waals surface area (Å²) in [4.78, 5) is 16.0. The predicted octanol–water partition coefficient (Wildman–Crippen LogP) is 2.52. The molecule has 1 saturated heterocycles. The van der Waals surface area contributed by atoms with Gasteiger partial charge in [-0.05, 0) is 44.1 Å². The van der Waals surface area contributed by atoms with Crippen LogP contribution >= 0.6 is 0 Å². The van der Waals surface area contributed by atoms with Crippen LogP contribution in [-0.2, 0) is 0 Å². The van der Waals surface area contributed by atoms with Crippen LogP contribution in [0.2, 0.25) is 0 Å². The Balaban J connectivity index is 1.89. The average molecular weight is 282 g/mol. The molecule has 1 aromatic rings. The lowest BCUT2D eigenvalue weighted by Gasteiger charge is -2.28. The second-order valence-corrected chi connectivity index (χ2v) is 5.26. The van der Waals surface area contributed by atoms with Gasteiger partial charge in [-0.25, -0.2) is 8.78 Å². The van der Waals surface area contributed by atoms with E-state index in [1.54, 1.807) is 11.9 Å². The van der Waals surface area contributed by atoms with Crippen molar-refractivity contribution in [2.75, 3.05) is 33.2 Å². The van der Waals surface area contributed by atoms with Crippen LogP contribution < -0.4 is 0 Å². The van der Waals surface area contributed by atoms with E-state index in [0.29, 0.717) is 6.54 Å². The molecule has 5 heteroatoms. The standard InChI is InChI=1S/C15H20F2N2O/c1-18(9-10-19-7-3-2-4-8-19)15(20)12-5-6-13(16)14(17)11-12/h5-6,11H,2-4,7-10H2,1H3. The largest absolute Gasteiger partial charge is 0.340 e. The molecule has 0 spiro atoms. The van der Waals surface area contributed by atoms with Gasteiger partial charge in [0.05, 0.1) is 0 Å². The SMILES string of the molecule is CN(CCN1CCCCC1)C(=O)c1ccc(F)c(F)c1. The van der Waals surface area contributed by atoms with E-state index in [1.165, 1.54) is 25.3 Å². The summed E-state index contributed by atoms with van der Waals surface area (Å²) in [5.74, 6) is -2.20. The number of amides is 1. The fraction of sp³-hybridized carbons (Fsp3) is 0.533. The van der Waals surface area contributed by atoms with Crippen LogP contribution in [0.25, 0.3) is 0 Å². The van der Waals surface area contributed by atoms with Gasteiger partial charge in [0.2, 0.25) is 0 Å². The Bertz CT molecular complexity index is 473. The fourth-order valence-corrected chi connectivity index (χ4v) is 2.43. The number of hydrogen-bond donors (Lipinski definition) is 0. The van der Waals surface area contributed by atoms with Gasteiger partial charge in [0, 0.05) is 25.7 Å². The van der Waals surface area contributed by atoms with Gasteiger partial charge in [0.25, 0.3) is 5.91 Å². The van der Waals surface area contributed by atoms with E-state index in [1.807, 2.05) is 0 Å². The van der Waals surface area contributed by atoms with Gasteiger partial charge in [-0.1, -0.05) is 6.42 Å². The Hall–Kier alpha value is -1.49. The zero-order valence-corrected chi connectivity index (χ0v) is 11.7. The van der Waals surface area contributed by atoms with Gasteiger partial charge in [-0.3, -0.25) is 4.79 Å². The number of nitrogens with zero attached hydrogens (tertiary/aromatic N) is 2. The van der Waals surface area contributed by atoms with Crippen molar-refractivity contribution in [2.45, 2.75) is 19.3 Å². The van der Waals surface area contributed by atoms with Crippen LogP contribution in [0.15, 0.2) is 18.2 Å². The molecule has 0 atom stereocenters. The molecule has 20 heavy (non-hydrogen) atoms. The lowest BCUT2D eigenvalue weighted by atomic mass is 10.1. The number of halogens is 2. The van der Waals surface area contributed by atoms with E-state index in [2.05, 4.69) is 4.90 Å². The first-order valence-corrected chi connectivity index (χ1v) is 7.01. The van der Waals surface area contributed by atoms with Gasteiger partial charge in [-0.2, -0.15) is 0 Å². The highest BCUT2D eigenvalue weighted by molar-refractivity contribution is 5.94. The molecule has 0 aromatic heterocycles. The Morgan fingerprint density at radius 3 is 2.55 bits per heavy atom. The van der Waals surface area contributed by atoms with E-state index in [9.17, 15) is 13.6 Å². The summed E-state index contributed by atoms with van der Waals surface area (Å²) < 4.78 is 26.0. The van der Waals surface area contributed by atoms with Gasteiger partial charge < -0.3 is 9.80 Å². The first kappa shape index (κ1) is 14.9. The number of benzene rings is 1. The Morgan fingerprint density at radius 1 is 1.20 bits per heavy atom. The lowest BCUT2D eigenvalue weighted by molar-refractivity contribution is 0.0772. The van der Waals surface area contributed by atoms with E-state index >= 15 is 0 Å². The van der Waals surface area contributed by atoms with Crippen LogP contribution in [0.1, 0.15) is 29.6 Å². The van der Waals surface area contributed by atoms with Crippen molar-refractivity contribution < 1.29 is 13.6 Å². The van der Waals surface area contributed by atoms with Crippen molar-refractivity contribution >= 4 is 5.91 Å². The number of carbonyl (C=O) groups excluding carboxylic acids is 1. The third kappa shape index (κ3) is 3.76. The zero-order valence-electron chi connectivity index (χ0n) is 11.7.